The Hall–Kier alpha value is -1.55. The van der Waals surface area contributed by atoms with Crippen molar-refractivity contribution in [2.24, 2.45) is 0 Å². The van der Waals surface area contributed by atoms with Crippen LogP contribution >= 0.6 is 15.9 Å². The second-order valence-corrected chi connectivity index (χ2v) is 4.14. The minimum absolute atomic E-state index is 0.260. The molecule has 0 aliphatic carbocycles. The fourth-order valence-corrected chi connectivity index (χ4v) is 2.15. The Bertz CT molecular complexity index is 660. The fraction of sp³-hybridized carbons (Fsp3) is 0. The van der Waals surface area contributed by atoms with Crippen LogP contribution in [0, 0.1) is 0 Å². The Morgan fingerprint density at radius 1 is 1.27 bits per heavy atom. The predicted octanol–water partition coefficient (Wildman–Crippen LogP) is 2.96. The number of imidazole rings is 1. The highest BCUT2D eigenvalue weighted by molar-refractivity contribution is 9.10. The second-order valence-electron chi connectivity index (χ2n) is 3.33. The van der Waals surface area contributed by atoms with Gasteiger partial charge in [0, 0.05) is 6.20 Å². The maximum absolute atomic E-state index is 9.81. The van der Waals surface area contributed by atoms with Crippen molar-refractivity contribution in [3.05, 3.63) is 41.3 Å². The molecule has 3 rings (SSSR count). The normalized spacial score (nSPS) is 11.3. The zero-order valence-electron chi connectivity index (χ0n) is 7.68. The van der Waals surface area contributed by atoms with E-state index in [-0.39, 0.29) is 5.75 Å². The Morgan fingerprint density at radius 3 is 3.00 bits per heavy atom. The first kappa shape index (κ1) is 8.73. The third kappa shape index (κ3) is 1.15. The van der Waals surface area contributed by atoms with Crippen LogP contribution in [0.4, 0.5) is 0 Å². The Balaban J connectivity index is 2.64. The number of fused-ring (bicyclic) bond motifs is 3. The zero-order chi connectivity index (χ0) is 10.4. The van der Waals surface area contributed by atoms with Crippen LogP contribution in [0.15, 0.2) is 41.3 Å². The number of nitrogens with zero attached hydrogens (tertiary/aromatic N) is 2. The molecule has 2 heterocycles. The highest BCUT2D eigenvalue weighted by Gasteiger charge is 2.07. The molecule has 1 aromatic carbocycles. The molecule has 0 spiro atoms. The number of aromatic hydroxyl groups is 1. The first-order valence-electron chi connectivity index (χ1n) is 4.50. The molecule has 0 amide bonds. The van der Waals surface area contributed by atoms with Gasteiger partial charge in [-0.2, -0.15) is 0 Å². The zero-order valence-corrected chi connectivity index (χ0v) is 9.27. The van der Waals surface area contributed by atoms with E-state index in [1.165, 1.54) is 0 Å². The SMILES string of the molecule is Oc1cccc2ccn3c(Br)cnc3c12. The average molecular weight is 263 g/mol. The van der Waals surface area contributed by atoms with Gasteiger partial charge in [-0.05, 0) is 33.4 Å². The molecule has 0 saturated heterocycles. The summed E-state index contributed by atoms with van der Waals surface area (Å²) in [6, 6.07) is 7.41. The molecule has 0 aliphatic rings. The molecule has 4 heteroatoms. The van der Waals surface area contributed by atoms with Gasteiger partial charge >= 0.3 is 0 Å². The molecule has 15 heavy (non-hydrogen) atoms. The molecular formula is C11H7BrN2O. The van der Waals surface area contributed by atoms with Crippen molar-refractivity contribution < 1.29 is 5.11 Å². The highest BCUT2D eigenvalue weighted by Crippen LogP contribution is 2.29. The lowest BCUT2D eigenvalue weighted by molar-refractivity contribution is 0.482. The molecular weight excluding hydrogens is 256 g/mol. The lowest BCUT2D eigenvalue weighted by atomic mass is 10.1. The molecule has 74 valence electrons. The third-order valence-electron chi connectivity index (χ3n) is 2.45. The number of aromatic nitrogens is 2. The van der Waals surface area contributed by atoms with E-state index in [1.807, 2.05) is 28.8 Å². The van der Waals surface area contributed by atoms with Crippen LogP contribution < -0.4 is 0 Å². The Kier molecular flexibility index (Phi) is 1.73. The summed E-state index contributed by atoms with van der Waals surface area (Å²) in [7, 11) is 0. The van der Waals surface area contributed by atoms with Crippen LogP contribution in [0.25, 0.3) is 16.4 Å². The highest BCUT2D eigenvalue weighted by atomic mass is 79.9. The molecule has 0 atom stereocenters. The van der Waals surface area contributed by atoms with Gasteiger partial charge in [-0.1, -0.05) is 12.1 Å². The largest absolute Gasteiger partial charge is 0.507 e. The van der Waals surface area contributed by atoms with Crippen molar-refractivity contribution in [1.29, 1.82) is 0 Å². The maximum atomic E-state index is 9.81. The number of phenolic OH excluding ortho intramolecular Hbond substituents is 1. The van der Waals surface area contributed by atoms with Crippen molar-refractivity contribution in [3.8, 4) is 5.75 Å². The summed E-state index contributed by atoms with van der Waals surface area (Å²) in [5, 5.41) is 11.6. The van der Waals surface area contributed by atoms with Gasteiger partial charge in [-0.15, -0.1) is 0 Å². The quantitative estimate of drug-likeness (QED) is 0.677. The van der Waals surface area contributed by atoms with Crippen molar-refractivity contribution in [2.45, 2.75) is 0 Å². The van der Waals surface area contributed by atoms with E-state index >= 15 is 0 Å². The van der Waals surface area contributed by atoms with Crippen molar-refractivity contribution in [3.63, 3.8) is 0 Å². The molecule has 1 N–H and O–H groups in total. The number of phenols is 1. The molecule has 0 fully saturated rings. The van der Waals surface area contributed by atoms with E-state index < -0.39 is 0 Å². The first-order valence-corrected chi connectivity index (χ1v) is 5.30. The standard InChI is InChI=1S/C11H7BrN2O/c12-9-6-13-11-10-7(4-5-14(9)11)2-1-3-8(10)15/h1-6,15H. The molecule has 0 radical (unpaired) electrons. The van der Waals surface area contributed by atoms with Gasteiger partial charge in [0.15, 0.2) is 0 Å². The van der Waals surface area contributed by atoms with Crippen LogP contribution in [-0.4, -0.2) is 14.5 Å². The number of hydrogen-bond donors (Lipinski definition) is 1. The number of benzene rings is 1. The summed E-state index contributed by atoms with van der Waals surface area (Å²) >= 11 is 3.40. The van der Waals surface area contributed by atoms with Gasteiger partial charge in [0.1, 0.15) is 16.0 Å². The van der Waals surface area contributed by atoms with Gasteiger partial charge in [0.05, 0.1) is 11.6 Å². The van der Waals surface area contributed by atoms with Gasteiger partial charge < -0.3 is 5.11 Å². The predicted molar refractivity (Wildman–Crippen MR) is 62.1 cm³/mol. The first-order chi connectivity index (χ1) is 7.27. The van der Waals surface area contributed by atoms with E-state index in [2.05, 4.69) is 20.9 Å². The minimum Gasteiger partial charge on any atom is -0.507 e. The third-order valence-corrected chi connectivity index (χ3v) is 3.04. The van der Waals surface area contributed by atoms with Crippen LogP contribution in [0.5, 0.6) is 5.75 Å². The van der Waals surface area contributed by atoms with E-state index in [0.717, 1.165) is 21.0 Å². The van der Waals surface area contributed by atoms with Gasteiger partial charge in [-0.3, -0.25) is 4.40 Å². The summed E-state index contributed by atoms with van der Waals surface area (Å²) in [6.45, 7) is 0. The van der Waals surface area contributed by atoms with Crippen LogP contribution in [0.1, 0.15) is 0 Å². The number of pyridine rings is 1. The van der Waals surface area contributed by atoms with Crippen LogP contribution in [-0.2, 0) is 0 Å². The molecule has 3 aromatic rings. The Morgan fingerprint density at radius 2 is 2.13 bits per heavy atom. The van der Waals surface area contributed by atoms with E-state index in [9.17, 15) is 5.11 Å². The molecule has 2 aromatic heterocycles. The smallest absolute Gasteiger partial charge is 0.149 e. The number of halogens is 1. The van der Waals surface area contributed by atoms with Crippen LogP contribution in [0.2, 0.25) is 0 Å². The summed E-state index contributed by atoms with van der Waals surface area (Å²) < 4.78 is 2.77. The summed E-state index contributed by atoms with van der Waals surface area (Å²) in [5.74, 6) is 0.260. The van der Waals surface area contributed by atoms with E-state index in [0.29, 0.717) is 0 Å². The summed E-state index contributed by atoms with van der Waals surface area (Å²) in [4.78, 5) is 4.26. The molecule has 0 bridgehead atoms. The van der Waals surface area contributed by atoms with E-state index in [4.69, 9.17) is 0 Å². The van der Waals surface area contributed by atoms with Crippen molar-refractivity contribution >= 4 is 32.3 Å². The molecule has 3 nitrogen and oxygen atoms in total. The summed E-state index contributed by atoms with van der Waals surface area (Å²) in [5.41, 5.74) is 0.762. The Labute approximate surface area is 94.1 Å². The molecule has 0 saturated carbocycles. The van der Waals surface area contributed by atoms with Gasteiger partial charge in [0.25, 0.3) is 0 Å². The lowest BCUT2D eigenvalue weighted by Gasteiger charge is -2.02. The maximum Gasteiger partial charge on any atom is 0.149 e. The van der Waals surface area contributed by atoms with Crippen molar-refractivity contribution in [1.82, 2.24) is 9.38 Å². The second kappa shape index (κ2) is 2.97. The van der Waals surface area contributed by atoms with Gasteiger partial charge in [-0.25, -0.2) is 4.98 Å². The fourth-order valence-electron chi connectivity index (χ4n) is 1.76. The van der Waals surface area contributed by atoms with Crippen molar-refractivity contribution in [2.75, 3.05) is 0 Å². The topological polar surface area (TPSA) is 37.5 Å². The summed E-state index contributed by atoms with van der Waals surface area (Å²) in [6.07, 6.45) is 3.65. The van der Waals surface area contributed by atoms with Gasteiger partial charge in [0.2, 0.25) is 0 Å². The van der Waals surface area contributed by atoms with E-state index in [1.54, 1.807) is 12.3 Å². The lowest BCUT2D eigenvalue weighted by Crippen LogP contribution is -1.86. The number of rotatable bonds is 0. The van der Waals surface area contributed by atoms with Crippen LogP contribution in [0.3, 0.4) is 0 Å². The molecule has 0 aliphatic heterocycles. The minimum atomic E-state index is 0.260. The average Bonchev–Trinajstić information content (AvgIpc) is 2.61. The monoisotopic (exact) mass is 262 g/mol. The molecule has 0 unspecified atom stereocenters. The number of hydrogen-bond acceptors (Lipinski definition) is 2.